The zero-order valence-corrected chi connectivity index (χ0v) is 17.3. The molecule has 5 nitrogen and oxygen atoms in total. The van der Waals surface area contributed by atoms with E-state index in [1.165, 1.54) is 4.90 Å². The minimum atomic E-state index is -0.534. The van der Waals surface area contributed by atoms with Gasteiger partial charge in [0.05, 0.1) is 22.6 Å². The maximum Gasteiger partial charge on any atom is 0.295 e. The molecular formula is C22H23N3O2S. The van der Waals surface area contributed by atoms with E-state index in [4.69, 9.17) is 0 Å². The van der Waals surface area contributed by atoms with Gasteiger partial charge in [-0.3, -0.25) is 9.59 Å². The second-order valence-electron chi connectivity index (χ2n) is 6.63. The van der Waals surface area contributed by atoms with Crippen LogP contribution in [0.4, 0.5) is 0 Å². The normalized spacial score (nSPS) is 10.7. The molecule has 0 aliphatic rings. The SMILES string of the molecule is CSc1ccc(CN(C)C(=O)C(=O)c2c(C)nn(-c3ccccc3)c2C)cc1. The Morgan fingerprint density at radius 3 is 2.29 bits per heavy atom. The van der Waals surface area contributed by atoms with Gasteiger partial charge in [-0.2, -0.15) is 5.10 Å². The molecule has 1 heterocycles. The molecule has 28 heavy (non-hydrogen) atoms. The number of carbonyl (C=O) groups excluding carboxylic acids is 2. The van der Waals surface area contributed by atoms with Gasteiger partial charge in [-0.15, -0.1) is 11.8 Å². The van der Waals surface area contributed by atoms with Crippen LogP contribution in [0.15, 0.2) is 59.5 Å². The Morgan fingerprint density at radius 1 is 1.04 bits per heavy atom. The molecule has 0 unspecified atom stereocenters. The fourth-order valence-corrected chi connectivity index (χ4v) is 3.56. The van der Waals surface area contributed by atoms with Gasteiger partial charge < -0.3 is 4.90 Å². The number of aromatic nitrogens is 2. The van der Waals surface area contributed by atoms with Crippen LogP contribution >= 0.6 is 11.8 Å². The van der Waals surface area contributed by atoms with Gasteiger partial charge in [0.1, 0.15) is 0 Å². The number of likely N-dealkylation sites (N-methyl/N-ethyl adjacent to an activating group) is 1. The van der Waals surface area contributed by atoms with Crippen molar-refractivity contribution in [2.75, 3.05) is 13.3 Å². The molecule has 3 aromatic rings. The van der Waals surface area contributed by atoms with Gasteiger partial charge in [0.2, 0.25) is 0 Å². The summed E-state index contributed by atoms with van der Waals surface area (Å²) in [5.41, 5.74) is 3.43. The number of ketones is 1. The molecule has 0 spiro atoms. The maximum absolute atomic E-state index is 12.9. The zero-order valence-electron chi connectivity index (χ0n) is 16.5. The standard InChI is InChI=1S/C22H23N3O2S/c1-15-20(16(2)25(23-15)18-8-6-5-7-9-18)21(26)22(27)24(3)14-17-10-12-19(28-4)13-11-17/h5-13H,14H2,1-4H3. The van der Waals surface area contributed by atoms with Gasteiger partial charge in [0, 0.05) is 18.5 Å². The molecule has 1 aromatic heterocycles. The van der Waals surface area contributed by atoms with Crippen molar-refractivity contribution in [1.82, 2.24) is 14.7 Å². The van der Waals surface area contributed by atoms with Gasteiger partial charge in [-0.25, -0.2) is 4.68 Å². The van der Waals surface area contributed by atoms with Gasteiger partial charge >= 0.3 is 0 Å². The van der Waals surface area contributed by atoms with Crippen LogP contribution in [0.5, 0.6) is 0 Å². The minimum absolute atomic E-state index is 0.374. The number of hydrogen-bond donors (Lipinski definition) is 0. The monoisotopic (exact) mass is 393 g/mol. The molecule has 0 radical (unpaired) electrons. The molecule has 0 atom stereocenters. The van der Waals surface area contributed by atoms with Crippen LogP contribution in [0.1, 0.15) is 27.3 Å². The van der Waals surface area contributed by atoms with Gasteiger partial charge in [0.25, 0.3) is 11.7 Å². The minimum Gasteiger partial charge on any atom is -0.335 e. The van der Waals surface area contributed by atoms with Crippen LogP contribution in [-0.2, 0) is 11.3 Å². The van der Waals surface area contributed by atoms with Crippen LogP contribution in [0.25, 0.3) is 5.69 Å². The molecule has 0 N–H and O–H groups in total. The van der Waals surface area contributed by atoms with Crippen molar-refractivity contribution < 1.29 is 9.59 Å². The first-order chi connectivity index (χ1) is 13.4. The molecule has 0 saturated carbocycles. The Hall–Kier alpha value is -2.86. The van der Waals surface area contributed by atoms with Crippen LogP contribution in [0.3, 0.4) is 0 Å². The molecule has 2 aromatic carbocycles. The number of thioether (sulfide) groups is 1. The Labute approximate surface area is 169 Å². The number of benzene rings is 2. The van der Waals surface area contributed by atoms with E-state index in [0.717, 1.165) is 16.1 Å². The fourth-order valence-electron chi connectivity index (χ4n) is 3.15. The summed E-state index contributed by atoms with van der Waals surface area (Å²) in [5.74, 6) is -1.06. The molecular weight excluding hydrogens is 370 g/mol. The summed E-state index contributed by atoms with van der Waals surface area (Å²) in [6.07, 6.45) is 2.02. The number of nitrogens with zero attached hydrogens (tertiary/aromatic N) is 3. The van der Waals surface area contributed by atoms with E-state index in [-0.39, 0.29) is 0 Å². The third-order valence-electron chi connectivity index (χ3n) is 4.64. The van der Waals surface area contributed by atoms with Crippen molar-refractivity contribution in [1.29, 1.82) is 0 Å². The average molecular weight is 394 g/mol. The summed E-state index contributed by atoms with van der Waals surface area (Å²) in [6, 6.07) is 17.6. The molecule has 1 amide bonds. The quantitative estimate of drug-likeness (QED) is 0.360. The third kappa shape index (κ3) is 4.02. The molecule has 0 saturated heterocycles. The van der Waals surface area contributed by atoms with E-state index >= 15 is 0 Å². The number of Topliss-reactive ketones (excluding diaryl/α,β-unsaturated/α-hetero) is 1. The predicted octanol–water partition coefficient (Wildman–Crippen LogP) is 4.05. The summed E-state index contributed by atoms with van der Waals surface area (Å²) in [5, 5.41) is 4.47. The van der Waals surface area contributed by atoms with Crippen LogP contribution < -0.4 is 0 Å². The van der Waals surface area contributed by atoms with Crippen molar-refractivity contribution in [3.05, 3.63) is 77.1 Å². The Balaban J connectivity index is 1.81. The van der Waals surface area contributed by atoms with Crippen molar-refractivity contribution in [2.24, 2.45) is 0 Å². The first kappa shape index (κ1) is 19.9. The van der Waals surface area contributed by atoms with Crippen molar-refractivity contribution in [3.63, 3.8) is 0 Å². The lowest BCUT2D eigenvalue weighted by Gasteiger charge is -2.16. The molecule has 0 bridgehead atoms. The molecule has 144 valence electrons. The highest BCUT2D eigenvalue weighted by molar-refractivity contribution is 7.98. The highest BCUT2D eigenvalue weighted by Crippen LogP contribution is 2.20. The molecule has 0 aliphatic heterocycles. The summed E-state index contributed by atoms with van der Waals surface area (Å²) in [4.78, 5) is 28.3. The smallest absolute Gasteiger partial charge is 0.295 e. The van der Waals surface area contributed by atoms with Gasteiger partial charge in [-0.1, -0.05) is 30.3 Å². The number of hydrogen-bond acceptors (Lipinski definition) is 4. The second kappa shape index (κ2) is 8.44. The number of rotatable bonds is 6. The third-order valence-corrected chi connectivity index (χ3v) is 5.38. The van der Waals surface area contributed by atoms with Crippen molar-refractivity contribution >= 4 is 23.5 Å². The molecule has 6 heteroatoms. The lowest BCUT2D eigenvalue weighted by molar-refractivity contribution is -0.125. The van der Waals surface area contributed by atoms with Crippen LogP contribution in [-0.4, -0.2) is 39.7 Å². The van der Waals surface area contributed by atoms with Crippen molar-refractivity contribution in [3.8, 4) is 5.69 Å². The summed E-state index contributed by atoms with van der Waals surface area (Å²) in [6.45, 7) is 3.95. The fraction of sp³-hybridized carbons (Fsp3) is 0.227. The van der Waals surface area contributed by atoms with E-state index in [1.807, 2.05) is 67.8 Å². The first-order valence-electron chi connectivity index (χ1n) is 8.96. The van der Waals surface area contributed by atoms with Crippen LogP contribution in [0.2, 0.25) is 0 Å². The van der Waals surface area contributed by atoms with E-state index in [0.29, 0.717) is 23.5 Å². The number of aryl methyl sites for hydroxylation is 1. The van der Waals surface area contributed by atoms with E-state index in [1.54, 1.807) is 30.4 Å². The van der Waals surface area contributed by atoms with E-state index < -0.39 is 11.7 Å². The van der Waals surface area contributed by atoms with Crippen LogP contribution in [0, 0.1) is 13.8 Å². The Morgan fingerprint density at radius 2 is 1.68 bits per heavy atom. The zero-order chi connectivity index (χ0) is 20.3. The predicted molar refractivity (Wildman–Crippen MR) is 112 cm³/mol. The molecule has 0 fully saturated rings. The number of para-hydroxylation sites is 1. The second-order valence-corrected chi connectivity index (χ2v) is 7.51. The lowest BCUT2D eigenvalue weighted by Crippen LogP contribution is -2.33. The molecule has 0 aliphatic carbocycles. The number of amides is 1. The summed E-state index contributed by atoms with van der Waals surface area (Å²) >= 11 is 1.66. The van der Waals surface area contributed by atoms with Gasteiger partial charge in [0.15, 0.2) is 0 Å². The first-order valence-corrected chi connectivity index (χ1v) is 10.2. The van der Waals surface area contributed by atoms with E-state index in [9.17, 15) is 9.59 Å². The summed E-state index contributed by atoms with van der Waals surface area (Å²) in [7, 11) is 1.65. The van der Waals surface area contributed by atoms with Gasteiger partial charge in [-0.05, 0) is 49.9 Å². The topological polar surface area (TPSA) is 55.2 Å². The average Bonchev–Trinajstić information content (AvgIpc) is 3.02. The molecule has 3 rings (SSSR count). The lowest BCUT2D eigenvalue weighted by atomic mass is 10.1. The van der Waals surface area contributed by atoms with E-state index in [2.05, 4.69) is 5.10 Å². The Bertz CT molecular complexity index is 995. The highest BCUT2D eigenvalue weighted by Gasteiger charge is 2.27. The largest absolute Gasteiger partial charge is 0.335 e. The maximum atomic E-state index is 12.9. The summed E-state index contributed by atoms with van der Waals surface area (Å²) < 4.78 is 1.71. The number of carbonyl (C=O) groups is 2. The highest BCUT2D eigenvalue weighted by atomic mass is 32.2. The Kier molecular flexibility index (Phi) is 5.99. The van der Waals surface area contributed by atoms with Crippen molar-refractivity contribution in [2.45, 2.75) is 25.3 Å².